The minimum absolute atomic E-state index is 0.172. The van der Waals surface area contributed by atoms with Crippen molar-refractivity contribution in [1.82, 2.24) is 10.3 Å². The van der Waals surface area contributed by atoms with Crippen molar-refractivity contribution in [1.29, 1.82) is 0 Å². The van der Waals surface area contributed by atoms with E-state index < -0.39 is 5.97 Å². The van der Waals surface area contributed by atoms with Crippen LogP contribution in [0.15, 0.2) is 24.3 Å². The molecule has 1 aromatic carbocycles. The second-order valence-electron chi connectivity index (χ2n) is 4.69. The zero-order chi connectivity index (χ0) is 14.5. The van der Waals surface area contributed by atoms with Gasteiger partial charge in [0.25, 0.3) is 0 Å². The molecule has 2 N–H and O–H groups in total. The Kier molecular flexibility index (Phi) is 4.93. The third-order valence-electron chi connectivity index (χ3n) is 3.18. The summed E-state index contributed by atoms with van der Waals surface area (Å²) in [5.74, 6) is -0.774. The van der Waals surface area contributed by atoms with E-state index in [1.54, 1.807) is 0 Å². The van der Waals surface area contributed by atoms with Gasteiger partial charge in [-0.15, -0.1) is 0 Å². The quantitative estimate of drug-likeness (QED) is 0.803. The van der Waals surface area contributed by atoms with Crippen LogP contribution < -0.4 is 5.32 Å². The smallest absolute Gasteiger partial charge is 0.303 e. The zero-order valence-electron chi connectivity index (χ0n) is 11.3. The second-order valence-corrected chi connectivity index (χ2v) is 5.07. The first-order chi connectivity index (χ1) is 9.59. The lowest BCUT2D eigenvalue weighted by molar-refractivity contribution is -0.137. The van der Waals surface area contributed by atoms with Gasteiger partial charge in [-0.1, -0.05) is 29.8 Å². The molecule has 0 bridgehead atoms. The van der Waals surface area contributed by atoms with E-state index in [4.69, 9.17) is 16.7 Å². The van der Waals surface area contributed by atoms with Gasteiger partial charge in [-0.3, -0.25) is 4.79 Å². The van der Waals surface area contributed by atoms with Crippen molar-refractivity contribution in [2.24, 2.45) is 0 Å². The predicted molar refractivity (Wildman–Crippen MR) is 80.1 cm³/mol. The molecule has 0 fully saturated rings. The summed E-state index contributed by atoms with van der Waals surface area (Å²) >= 11 is 6.34. The number of aliphatic carboxylic acids is 1. The molecule has 5 heteroatoms. The molecule has 0 saturated heterocycles. The van der Waals surface area contributed by atoms with Gasteiger partial charge in [-0.25, -0.2) is 4.98 Å². The van der Waals surface area contributed by atoms with Gasteiger partial charge >= 0.3 is 5.97 Å². The first-order valence-corrected chi connectivity index (χ1v) is 6.93. The number of halogens is 1. The number of rotatable bonds is 6. The lowest BCUT2D eigenvalue weighted by atomic mass is 10.1. The number of pyridine rings is 1. The fraction of sp³-hybridized carbons (Fsp3) is 0.333. The van der Waals surface area contributed by atoms with Crippen LogP contribution in [-0.4, -0.2) is 22.6 Å². The Balaban J connectivity index is 2.06. The van der Waals surface area contributed by atoms with E-state index in [0.29, 0.717) is 24.5 Å². The maximum atomic E-state index is 10.4. The number of carboxylic acids is 1. The summed E-state index contributed by atoms with van der Waals surface area (Å²) < 4.78 is 0. The normalized spacial score (nSPS) is 10.9. The number of para-hydroxylation sites is 1. The minimum Gasteiger partial charge on any atom is -0.481 e. The monoisotopic (exact) mass is 292 g/mol. The van der Waals surface area contributed by atoms with Crippen LogP contribution in [0, 0.1) is 6.92 Å². The molecule has 0 amide bonds. The van der Waals surface area contributed by atoms with Gasteiger partial charge in [0.05, 0.1) is 16.2 Å². The van der Waals surface area contributed by atoms with Crippen molar-refractivity contribution >= 4 is 28.5 Å². The SMILES string of the molecule is Cc1c(Cl)c(CNCCCC(=O)O)nc2ccccc12. The standard InChI is InChI=1S/C15H17ClN2O2/c1-10-11-5-2-3-6-12(11)18-13(15(10)16)9-17-8-4-7-14(19)20/h2-3,5-6,17H,4,7-9H2,1H3,(H,19,20). The molecule has 20 heavy (non-hydrogen) atoms. The molecule has 1 aromatic heterocycles. The molecule has 0 spiro atoms. The van der Waals surface area contributed by atoms with Crippen molar-refractivity contribution in [2.45, 2.75) is 26.3 Å². The van der Waals surface area contributed by atoms with Crippen molar-refractivity contribution in [3.05, 3.63) is 40.5 Å². The predicted octanol–water partition coefficient (Wildman–Crippen LogP) is 3.15. The Hall–Kier alpha value is -1.65. The molecule has 0 radical (unpaired) electrons. The van der Waals surface area contributed by atoms with Gasteiger partial charge < -0.3 is 10.4 Å². The van der Waals surface area contributed by atoms with Gasteiger partial charge in [0, 0.05) is 18.4 Å². The van der Waals surface area contributed by atoms with Crippen LogP contribution in [0.2, 0.25) is 5.02 Å². The van der Waals surface area contributed by atoms with Crippen molar-refractivity contribution < 1.29 is 9.90 Å². The zero-order valence-corrected chi connectivity index (χ0v) is 12.1. The first kappa shape index (κ1) is 14.8. The number of hydrogen-bond donors (Lipinski definition) is 2. The molecule has 0 aliphatic carbocycles. The van der Waals surface area contributed by atoms with Crippen LogP contribution in [0.4, 0.5) is 0 Å². The largest absolute Gasteiger partial charge is 0.481 e. The third-order valence-corrected chi connectivity index (χ3v) is 3.68. The molecule has 106 valence electrons. The molecular weight excluding hydrogens is 276 g/mol. The summed E-state index contributed by atoms with van der Waals surface area (Å²) in [6.45, 7) is 3.17. The highest BCUT2D eigenvalue weighted by atomic mass is 35.5. The Labute approximate surface area is 122 Å². The Bertz CT molecular complexity index is 629. The highest BCUT2D eigenvalue weighted by molar-refractivity contribution is 6.32. The molecule has 4 nitrogen and oxygen atoms in total. The van der Waals surface area contributed by atoms with Crippen LogP contribution in [0.5, 0.6) is 0 Å². The van der Waals surface area contributed by atoms with Crippen molar-refractivity contribution in [3.8, 4) is 0 Å². The lowest BCUT2D eigenvalue weighted by Gasteiger charge is -2.10. The van der Waals surface area contributed by atoms with Gasteiger partial charge in [-0.2, -0.15) is 0 Å². The summed E-state index contributed by atoms with van der Waals surface area (Å²) in [6, 6.07) is 7.89. The van der Waals surface area contributed by atoms with E-state index in [2.05, 4.69) is 10.3 Å². The molecule has 0 atom stereocenters. The summed E-state index contributed by atoms with van der Waals surface area (Å²) in [5.41, 5.74) is 2.76. The van der Waals surface area contributed by atoms with Crippen LogP contribution in [0.25, 0.3) is 10.9 Å². The van der Waals surface area contributed by atoms with E-state index in [1.807, 2.05) is 31.2 Å². The van der Waals surface area contributed by atoms with Gasteiger partial charge in [0.2, 0.25) is 0 Å². The van der Waals surface area contributed by atoms with E-state index in [-0.39, 0.29) is 6.42 Å². The third kappa shape index (κ3) is 3.46. The molecule has 0 unspecified atom stereocenters. The fourth-order valence-corrected chi connectivity index (χ4v) is 2.32. The summed E-state index contributed by atoms with van der Waals surface area (Å²) in [5, 5.41) is 13.5. The fourth-order valence-electron chi connectivity index (χ4n) is 2.11. The first-order valence-electron chi connectivity index (χ1n) is 6.56. The minimum atomic E-state index is -0.774. The number of hydrogen-bond acceptors (Lipinski definition) is 3. The number of fused-ring (bicyclic) bond motifs is 1. The average Bonchev–Trinajstić information content (AvgIpc) is 2.43. The van der Waals surface area contributed by atoms with E-state index >= 15 is 0 Å². The Morgan fingerprint density at radius 2 is 2.15 bits per heavy atom. The number of nitrogens with zero attached hydrogens (tertiary/aromatic N) is 1. The number of nitrogens with one attached hydrogen (secondary N) is 1. The molecule has 0 aliphatic heterocycles. The topological polar surface area (TPSA) is 62.2 Å². The maximum absolute atomic E-state index is 10.4. The molecule has 0 saturated carbocycles. The second kappa shape index (κ2) is 6.68. The van der Waals surface area contributed by atoms with Crippen LogP contribution >= 0.6 is 11.6 Å². The van der Waals surface area contributed by atoms with Gasteiger partial charge in [0.15, 0.2) is 0 Å². The molecule has 0 aliphatic rings. The van der Waals surface area contributed by atoms with Crippen molar-refractivity contribution in [3.63, 3.8) is 0 Å². The van der Waals surface area contributed by atoms with E-state index in [0.717, 1.165) is 22.2 Å². The number of aromatic nitrogens is 1. The maximum Gasteiger partial charge on any atom is 0.303 e. The highest BCUT2D eigenvalue weighted by Gasteiger charge is 2.09. The van der Waals surface area contributed by atoms with Crippen LogP contribution in [0.1, 0.15) is 24.1 Å². The Morgan fingerprint density at radius 1 is 1.40 bits per heavy atom. The van der Waals surface area contributed by atoms with E-state index in [1.165, 1.54) is 0 Å². The summed E-state index contributed by atoms with van der Waals surface area (Å²) in [6.07, 6.45) is 0.768. The summed E-state index contributed by atoms with van der Waals surface area (Å²) in [4.78, 5) is 15.0. The number of benzene rings is 1. The van der Waals surface area contributed by atoms with E-state index in [9.17, 15) is 4.79 Å². The molecule has 1 heterocycles. The average molecular weight is 293 g/mol. The lowest BCUT2D eigenvalue weighted by Crippen LogP contribution is -2.17. The number of carbonyl (C=O) groups is 1. The molecule has 2 rings (SSSR count). The highest BCUT2D eigenvalue weighted by Crippen LogP contribution is 2.26. The molecule has 2 aromatic rings. The van der Waals surface area contributed by atoms with Gasteiger partial charge in [0.1, 0.15) is 0 Å². The number of carboxylic acid groups (broad SMARTS) is 1. The van der Waals surface area contributed by atoms with Crippen LogP contribution in [-0.2, 0) is 11.3 Å². The summed E-state index contributed by atoms with van der Waals surface area (Å²) in [7, 11) is 0. The number of aryl methyl sites for hydroxylation is 1. The van der Waals surface area contributed by atoms with Crippen LogP contribution in [0.3, 0.4) is 0 Å². The molecular formula is C15H17ClN2O2. The Morgan fingerprint density at radius 3 is 2.90 bits per heavy atom. The van der Waals surface area contributed by atoms with Crippen molar-refractivity contribution in [2.75, 3.05) is 6.54 Å². The van der Waals surface area contributed by atoms with Gasteiger partial charge in [-0.05, 0) is 31.5 Å².